The highest BCUT2D eigenvalue weighted by Gasteiger charge is 2.06. The number of phenolic OH excluding ortho intramolecular Hbond substituents is 1. The lowest BCUT2D eigenvalue weighted by Gasteiger charge is -2.12. The second-order valence-electron chi connectivity index (χ2n) is 3.79. The van der Waals surface area contributed by atoms with Gasteiger partial charge in [-0.15, -0.1) is 11.8 Å². The number of thioether (sulfide) groups is 1. The molecule has 2 nitrogen and oxygen atoms in total. The highest BCUT2D eigenvalue weighted by Crippen LogP contribution is 2.29. The lowest BCUT2D eigenvalue weighted by Crippen LogP contribution is -2.01. The number of hydrogen-bond acceptors (Lipinski definition) is 3. The molecule has 2 aromatic carbocycles. The predicted molar refractivity (Wildman–Crippen MR) is 78.7 cm³/mol. The van der Waals surface area contributed by atoms with E-state index in [2.05, 4.69) is 11.4 Å². The van der Waals surface area contributed by atoms with Gasteiger partial charge in [-0.2, -0.15) is 0 Å². The van der Waals surface area contributed by atoms with Crippen LogP contribution in [0.2, 0.25) is 5.02 Å². The molecule has 0 unspecified atom stereocenters. The van der Waals surface area contributed by atoms with Crippen molar-refractivity contribution in [2.75, 3.05) is 11.6 Å². The van der Waals surface area contributed by atoms with Crippen molar-refractivity contribution in [3.8, 4) is 5.75 Å². The van der Waals surface area contributed by atoms with Crippen LogP contribution in [0.3, 0.4) is 0 Å². The molecule has 0 aliphatic heterocycles. The van der Waals surface area contributed by atoms with E-state index in [0.717, 1.165) is 11.3 Å². The van der Waals surface area contributed by atoms with E-state index in [-0.39, 0.29) is 5.75 Å². The van der Waals surface area contributed by atoms with Crippen LogP contribution in [-0.2, 0) is 6.54 Å². The molecule has 2 aromatic rings. The summed E-state index contributed by atoms with van der Waals surface area (Å²) >= 11 is 7.75. The van der Waals surface area contributed by atoms with Crippen LogP contribution in [0.5, 0.6) is 5.75 Å². The number of benzene rings is 2. The molecule has 0 radical (unpaired) electrons. The second-order valence-corrected chi connectivity index (χ2v) is 5.05. The zero-order valence-corrected chi connectivity index (χ0v) is 11.6. The number of anilines is 1. The van der Waals surface area contributed by atoms with Gasteiger partial charge in [0.25, 0.3) is 0 Å². The first-order chi connectivity index (χ1) is 8.72. The van der Waals surface area contributed by atoms with Gasteiger partial charge in [-0.05, 0) is 30.5 Å². The molecule has 0 heterocycles. The van der Waals surface area contributed by atoms with Gasteiger partial charge >= 0.3 is 0 Å². The molecule has 0 bridgehead atoms. The molecule has 0 aromatic heterocycles. The van der Waals surface area contributed by atoms with Crippen molar-refractivity contribution in [1.29, 1.82) is 0 Å². The van der Waals surface area contributed by atoms with Crippen molar-refractivity contribution in [1.82, 2.24) is 0 Å². The molecule has 94 valence electrons. The summed E-state index contributed by atoms with van der Waals surface area (Å²) < 4.78 is 0. The van der Waals surface area contributed by atoms with Crippen LogP contribution >= 0.6 is 23.4 Å². The molecule has 0 atom stereocenters. The van der Waals surface area contributed by atoms with Crippen molar-refractivity contribution in [3.05, 3.63) is 53.1 Å². The summed E-state index contributed by atoms with van der Waals surface area (Å²) in [7, 11) is 0. The Morgan fingerprint density at radius 1 is 1.17 bits per heavy atom. The summed E-state index contributed by atoms with van der Waals surface area (Å²) in [5.74, 6) is 0.219. The third-order valence-corrected chi connectivity index (χ3v) is 3.81. The molecule has 2 rings (SSSR count). The first-order valence-corrected chi connectivity index (χ1v) is 7.16. The largest absolute Gasteiger partial charge is 0.508 e. The van der Waals surface area contributed by atoms with Crippen LogP contribution in [0.4, 0.5) is 5.69 Å². The summed E-state index contributed by atoms with van der Waals surface area (Å²) in [4.78, 5) is 1.17. The number of hydrogen-bond donors (Lipinski definition) is 2. The van der Waals surface area contributed by atoms with Gasteiger partial charge in [0.15, 0.2) is 0 Å². The maximum atomic E-state index is 9.77. The fourth-order valence-corrected chi connectivity index (χ4v) is 2.51. The third kappa shape index (κ3) is 2.92. The molecule has 0 saturated heterocycles. The first kappa shape index (κ1) is 13.1. The minimum absolute atomic E-state index is 0.219. The second kappa shape index (κ2) is 6.03. The van der Waals surface area contributed by atoms with E-state index < -0.39 is 0 Å². The molecule has 0 spiro atoms. The molecule has 18 heavy (non-hydrogen) atoms. The van der Waals surface area contributed by atoms with Gasteiger partial charge in [0.1, 0.15) is 5.75 Å². The lowest BCUT2D eigenvalue weighted by molar-refractivity contribution is 0.469. The van der Waals surface area contributed by atoms with E-state index in [1.165, 1.54) is 4.90 Å². The number of nitrogens with one attached hydrogen (secondary N) is 1. The maximum Gasteiger partial charge on any atom is 0.122 e. The Hall–Kier alpha value is -1.32. The quantitative estimate of drug-likeness (QED) is 0.815. The highest BCUT2D eigenvalue weighted by molar-refractivity contribution is 7.98. The van der Waals surface area contributed by atoms with Crippen molar-refractivity contribution in [3.63, 3.8) is 0 Å². The van der Waals surface area contributed by atoms with Gasteiger partial charge in [-0.3, -0.25) is 0 Å². The normalized spacial score (nSPS) is 10.3. The average Bonchev–Trinajstić information content (AvgIpc) is 2.38. The fourth-order valence-electron chi connectivity index (χ4n) is 1.70. The standard InChI is InChI=1S/C14H14ClNOS/c1-18-14-8-3-2-6-12(14)16-9-10-11(15)5-4-7-13(10)17/h2-8,16-17H,9H2,1H3. The molecule has 0 fully saturated rings. The Morgan fingerprint density at radius 2 is 1.94 bits per heavy atom. The maximum absolute atomic E-state index is 9.77. The van der Waals surface area contributed by atoms with Crippen molar-refractivity contribution < 1.29 is 5.11 Å². The van der Waals surface area contributed by atoms with Gasteiger partial charge in [-0.25, -0.2) is 0 Å². The van der Waals surface area contributed by atoms with E-state index in [0.29, 0.717) is 11.6 Å². The Labute approximate surface area is 116 Å². The minimum atomic E-state index is 0.219. The van der Waals surface area contributed by atoms with Crippen LogP contribution in [0, 0.1) is 0 Å². The smallest absolute Gasteiger partial charge is 0.122 e. The van der Waals surface area contributed by atoms with Crippen LogP contribution < -0.4 is 5.32 Å². The summed E-state index contributed by atoms with van der Waals surface area (Å²) in [6.45, 7) is 0.503. The third-order valence-electron chi connectivity index (χ3n) is 2.66. The summed E-state index contributed by atoms with van der Waals surface area (Å²) in [6, 6.07) is 13.2. The molecular weight excluding hydrogens is 266 g/mol. The number of phenols is 1. The molecule has 4 heteroatoms. The van der Waals surface area contributed by atoms with Crippen LogP contribution in [0.25, 0.3) is 0 Å². The minimum Gasteiger partial charge on any atom is -0.508 e. The molecule has 0 aliphatic carbocycles. The molecule has 0 saturated carbocycles. The summed E-state index contributed by atoms with van der Waals surface area (Å²) in [6.07, 6.45) is 2.04. The van der Waals surface area contributed by atoms with Crippen LogP contribution in [0.15, 0.2) is 47.4 Å². The lowest BCUT2D eigenvalue weighted by atomic mass is 10.2. The van der Waals surface area contributed by atoms with Gasteiger partial charge in [0.05, 0.1) is 0 Å². The predicted octanol–water partition coefficient (Wildman–Crippen LogP) is 4.38. The number of rotatable bonds is 4. The number of aromatic hydroxyl groups is 1. The molecule has 0 amide bonds. The van der Waals surface area contributed by atoms with Crippen LogP contribution in [-0.4, -0.2) is 11.4 Å². The zero-order valence-electron chi connectivity index (χ0n) is 9.98. The highest BCUT2D eigenvalue weighted by atomic mass is 35.5. The molecule has 2 N–H and O–H groups in total. The van der Waals surface area contributed by atoms with E-state index in [1.807, 2.05) is 24.5 Å². The number of halogens is 1. The molecular formula is C14H14ClNOS. The Kier molecular flexibility index (Phi) is 4.39. The SMILES string of the molecule is CSc1ccccc1NCc1c(O)cccc1Cl. The van der Waals surface area contributed by atoms with Crippen LogP contribution in [0.1, 0.15) is 5.56 Å². The van der Waals surface area contributed by atoms with Crippen molar-refractivity contribution in [2.24, 2.45) is 0 Å². The fraction of sp³-hybridized carbons (Fsp3) is 0.143. The summed E-state index contributed by atoms with van der Waals surface area (Å²) in [5.41, 5.74) is 1.76. The first-order valence-electron chi connectivity index (χ1n) is 5.55. The topological polar surface area (TPSA) is 32.3 Å². The monoisotopic (exact) mass is 279 g/mol. The van der Waals surface area contributed by atoms with Gasteiger partial charge < -0.3 is 10.4 Å². The van der Waals surface area contributed by atoms with Gasteiger partial charge in [0.2, 0.25) is 0 Å². The average molecular weight is 280 g/mol. The Bertz CT molecular complexity index is 525. The molecule has 0 aliphatic rings. The zero-order chi connectivity index (χ0) is 13.0. The van der Waals surface area contributed by atoms with E-state index in [4.69, 9.17) is 11.6 Å². The van der Waals surface area contributed by atoms with E-state index >= 15 is 0 Å². The van der Waals surface area contributed by atoms with Crippen molar-refractivity contribution in [2.45, 2.75) is 11.4 Å². The Morgan fingerprint density at radius 3 is 2.67 bits per heavy atom. The van der Waals surface area contributed by atoms with E-state index in [1.54, 1.807) is 30.0 Å². The van der Waals surface area contributed by atoms with Gasteiger partial charge in [-0.1, -0.05) is 29.8 Å². The number of para-hydroxylation sites is 1. The Balaban J connectivity index is 2.16. The van der Waals surface area contributed by atoms with E-state index in [9.17, 15) is 5.11 Å². The summed E-state index contributed by atoms with van der Waals surface area (Å²) in [5, 5.41) is 13.6. The van der Waals surface area contributed by atoms with Crippen molar-refractivity contribution >= 4 is 29.1 Å². The van der Waals surface area contributed by atoms with Gasteiger partial charge in [0, 0.05) is 27.7 Å².